The maximum Gasteiger partial charge on any atom is 0.193 e. The van der Waals surface area contributed by atoms with Crippen molar-refractivity contribution in [2.75, 3.05) is 13.3 Å². The highest BCUT2D eigenvalue weighted by Crippen LogP contribution is 2.69. The first kappa shape index (κ1) is 29.1. The summed E-state index contributed by atoms with van der Waals surface area (Å²) in [7, 11) is 0. The molecule has 0 amide bonds. The van der Waals surface area contributed by atoms with Gasteiger partial charge in [-0.1, -0.05) is 53.7 Å². The standard InChI is InChI=1S/C26H38N2O6.2CH4/c1-4-5-22-33-21-11-18-17-7-6-15-10-16(29)8-9-24(15,2)23(17)19(30)12-25(18,3)26(21,34-22)20(31)13-32-14-28-27;;/h8-10,17-19,21-23,28,30H,4-7,11-14,27H2,1-3H3;2*1H4. The quantitative estimate of drug-likeness (QED) is 0.208. The molecule has 4 fully saturated rings. The van der Waals surface area contributed by atoms with Gasteiger partial charge in [0.25, 0.3) is 0 Å². The van der Waals surface area contributed by atoms with Crippen LogP contribution in [-0.2, 0) is 23.8 Å². The van der Waals surface area contributed by atoms with Crippen molar-refractivity contribution in [1.29, 1.82) is 0 Å². The van der Waals surface area contributed by atoms with E-state index in [1.54, 1.807) is 12.2 Å². The Hall–Kier alpha value is -1.42. The van der Waals surface area contributed by atoms with Gasteiger partial charge in [0.15, 0.2) is 23.5 Å². The number of carbonyl (C=O) groups excluding carboxylic acids is 2. The van der Waals surface area contributed by atoms with E-state index in [-0.39, 0.29) is 69.0 Å². The summed E-state index contributed by atoms with van der Waals surface area (Å²) in [5.74, 6) is 5.57. The molecule has 5 rings (SSSR count). The Morgan fingerprint density at radius 3 is 2.78 bits per heavy atom. The number of ether oxygens (including phenoxy) is 3. The number of ketones is 2. The van der Waals surface area contributed by atoms with Gasteiger partial charge < -0.3 is 19.3 Å². The Morgan fingerprint density at radius 1 is 1.33 bits per heavy atom. The molecule has 5 aliphatic rings. The van der Waals surface area contributed by atoms with E-state index in [1.165, 1.54) is 0 Å². The Labute approximate surface area is 216 Å². The largest absolute Gasteiger partial charge is 0.393 e. The highest BCUT2D eigenvalue weighted by molar-refractivity contribution is 6.01. The number of nitrogens with two attached hydrogens (primary N) is 1. The number of carbonyl (C=O) groups is 2. The molecule has 204 valence electrons. The van der Waals surface area contributed by atoms with Gasteiger partial charge >= 0.3 is 0 Å². The third kappa shape index (κ3) is 3.96. The third-order valence-corrected chi connectivity index (χ3v) is 9.65. The highest BCUT2D eigenvalue weighted by atomic mass is 16.7. The summed E-state index contributed by atoms with van der Waals surface area (Å²) in [6.07, 6.45) is 8.48. The second kappa shape index (κ2) is 10.4. The van der Waals surface area contributed by atoms with E-state index in [1.807, 2.05) is 6.08 Å². The molecule has 3 saturated carbocycles. The second-order valence-corrected chi connectivity index (χ2v) is 11.3. The number of hydrazine groups is 1. The molecule has 1 aliphatic heterocycles. The lowest BCUT2D eigenvalue weighted by Crippen LogP contribution is -2.63. The monoisotopic (exact) mass is 506 g/mol. The van der Waals surface area contributed by atoms with Crippen LogP contribution < -0.4 is 11.3 Å². The van der Waals surface area contributed by atoms with E-state index in [2.05, 4.69) is 26.2 Å². The lowest BCUT2D eigenvalue weighted by atomic mass is 9.46. The smallest absolute Gasteiger partial charge is 0.193 e. The van der Waals surface area contributed by atoms with Crippen molar-refractivity contribution in [2.45, 2.75) is 98.2 Å². The van der Waals surface area contributed by atoms with Crippen LogP contribution in [0.4, 0.5) is 0 Å². The molecule has 36 heavy (non-hydrogen) atoms. The van der Waals surface area contributed by atoms with Crippen LogP contribution in [0, 0.1) is 28.6 Å². The average molecular weight is 507 g/mol. The Balaban J connectivity index is 0.00000180. The lowest BCUT2D eigenvalue weighted by molar-refractivity contribution is -0.201. The van der Waals surface area contributed by atoms with Crippen molar-refractivity contribution < 1.29 is 28.9 Å². The molecule has 1 saturated heterocycles. The molecule has 4 N–H and O–H groups in total. The van der Waals surface area contributed by atoms with Gasteiger partial charge in [0.1, 0.15) is 13.3 Å². The molecule has 8 nitrogen and oxygen atoms in total. The number of aliphatic hydroxyl groups excluding tert-OH is 1. The molecule has 9 atom stereocenters. The summed E-state index contributed by atoms with van der Waals surface area (Å²) in [6, 6.07) is 0. The van der Waals surface area contributed by atoms with Gasteiger partial charge in [-0.2, -0.15) is 0 Å². The number of allylic oxidation sites excluding steroid dienone is 4. The fraction of sp³-hybridized carbons (Fsp3) is 0.786. The summed E-state index contributed by atoms with van der Waals surface area (Å²) in [5.41, 5.74) is 1.46. The number of hydrogen-bond acceptors (Lipinski definition) is 8. The number of rotatable bonds is 7. The fourth-order valence-electron chi connectivity index (χ4n) is 8.32. The lowest BCUT2D eigenvalue weighted by Gasteiger charge is -2.59. The minimum absolute atomic E-state index is 0. The van der Waals surface area contributed by atoms with Crippen LogP contribution in [-0.4, -0.2) is 54.1 Å². The number of Topliss-reactive ketones (excluding diaryl/α,β-unsaturated/α-hetero) is 1. The van der Waals surface area contributed by atoms with Crippen molar-refractivity contribution in [1.82, 2.24) is 5.43 Å². The fourth-order valence-corrected chi connectivity index (χ4v) is 8.32. The highest BCUT2D eigenvalue weighted by Gasteiger charge is 2.75. The molecule has 4 aliphatic carbocycles. The number of hydrogen-bond donors (Lipinski definition) is 3. The van der Waals surface area contributed by atoms with Crippen LogP contribution in [0.25, 0.3) is 0 Å². The Morgan fingerprint density at radius 2 is 2.08 bits per heavy atom. The van der Waals surface area contributed by atoms with Gasteiger partial charge in [-0.3, -0.25) is 15.4 Å². The molecule has 0 spiro atoms. The van der Waals surface area contributed by atoms with E-state index in [0.29, 0.717) is 6.42 Å². The predicted molar refractivity (Wildman–Crippen MR) is 137 cm³/mol. The molecular formula is C28H46N2O6. The van der Waals surface area contributed by atoms with Crippen LogP contribution >= 0.6 is 0 Å². The molecule has 0 radical (unpaired) electrons. The molecule has 8 heteroatoms. The Kier molecular flexibility index (Phi) is 8.41. The number of nitrogens with one attached hydrogen (secondary N) is 1. The second-order valence-electron chi connectivity index (χ2n) is 11.3. The van der Waals surface area contributed by atoms with Crippen LogP contribution in [0.5, 0.6) is 0 Å². The zero-order valence-electron chi connectivity index (χ0n) is 20.4. The van der Waals surface area contributed by atoms with Gasteiger partial charge in [0.05, 0.1) is 12.2 Å². The molecule has 0 aromatic heterocycles. The Bertz CT molecular complexity index is 920. The normalized spacial score (nSPS) is 44.4. The molecular weight excluding hydrogens is 460 g/mol. The maximum absolute atomic E-state index is 13.8. The van der Waals surface area contributed by atoms with Crippen LogP contribution in [0.1, 0.15) is 74.1 Å². The van der Waals surface area contributed by atoms with Crippen LogP contribution in [0.2, 0.25) is 0 Å². The molecule has 0 aromatic rings. The summed E-state index contributed by atoms with van der Waals surface area (Å²) >= 11 is 0. The molecule has 0 aromatic carbocycles. The van der Waals surface area contributed by atoms with Crippen molar-refractivity contribution in [3.05, 3.63) is 23.8 Å². The summed E-state index contributed by atoms with van der Waals surface area (Å²) < 4.78 is 18.4. The molecule has 0 bridgehead atoms. The van der Waals surface area contributed by atoms with Gasteiger partial charge in [0, 0.05) is 16.7 Å². The van der Waals surface area contributed by atoms with E-state index < -0.39 is 23.4 Å². The van der Waals surface area contributed by atoms with Crippen molar-refractivity contribution >= 4 is 11.6 Å². The third-order valence-electron chi connectivity index (χ3n) is 9.65. The number of fused-ring (bicyclic) bond motifs is 7. The first-order valence-corrected chi connectivity index (χ1v) is 12.7. The first-order valence-electron chi connectivity index (χ1n) is 12.7. The molecule has 1 heterocycles. The summed E-state index contributed by atoms with van der Waals surface area (Å²) in [4.78, 5) is 25.8. The van der Waals surface area contributed by atoms with Crippen molar-refractivity contribution in [2.24, 2.45) is 34.4 Å². The summed E-state index contributed by atoms with van der Waals surface area (Å²) in [6.45, 7) is 6.28. The zero-order valence-corrected chi connectivity index (χ0v) is 20.4. The van der Waals surface area contributed by atoms with Crippen molar-refractivity contribution in [3.8, 4) is 0 Å². The maximum atomic E-state index is 13.8. The molecule has 9 unspecified atom stereocenters. The zero-order chi connectivity index (χ0) is 24.3. The van der Waals surface area contributed by atoms with Crippen LogP contribution in [0.15, 0.2) is 23.8 Å². The van der Waals surface area contributed by atoms with E-state index in [0.717, 1.165) is 37.7 Å². The van der Waals surface area contributed by atoms with Gasteiger partial charge in [-0.25, -0.2) is 5.43 Å². The van der Waals surface area contributed by atoms with Crippen LogP contribution in [0.3, 0.4) is 0 Å². The minimum Gasteiger partial charge on any atom is -0.393 e. The van der Waals surface area contributed by atoms with Gasteiger partial charge in [-0.05, 0) is 56.1 Å². The van der Waals surface area contributed by atoms with E-state index in [9.17, 15) is 14.7 Å². The van der Waals surface area contributed by atoms with E-state index >= 15 is 0 Å². The summed E-state index contributed by atoms with van der Waals surface area (Å²) in [5, 5.41) is 11.7. The van der Waals surface area contributed by atoms with Gasteiger partial charge in [-0.15, -0.1) is 0 Å². The first-order chi connectivity index (χ1) is 16.2. The minimum atomic E-state index is -1.15. The van der Waals surface area contributed by atoms with Crippen molar-refractivity contribution in [3.63, 3.8) is 0 Å². The van der Waals surface area contributed by atoms with E-state index in [4.69, 9.17) is 20.1 Å². The topological polar surface area (TPSA) is 120 Å². The van der Waals surface area contributed by atoms with Gasteiger partial charge in [0.2, 0.25) is 0 Å². The average Bonchev–Trinajstić information content (AvgIpc) is 3.26. The number of aliphatic hydroxyl groups is 1. The SMILES string of the molecule is C.C.CCCC1OC2CC3C4CCC5=CC(=O)C=CC5(C)C4C(O)CC3(C)C2(C(=O)COCNN)O1. The predicted octanol–water partition coefficient (Wildman–Crippen LogP) is 3.43.